The summed E-state index contributed by atoms with van der Waals surface area (Å²) < 4.78 is 17.2. The Morgan fingerprint density at radius 2 is 1.93 bits per heavy atom. The predicted molar refractivity (Wildman–Crippen MR) is 109 cm³/mol. The van der Waals surface area contributed by atoms with Gasteiger partial charge in [-0.3, -0.25) is 4.21 Å². The van der Waals surface area contributed by atoms with Crippen LogP contribution in [0.1, 0.15) is 18.9 Å². The lowest BCUT2D eigenvalue weighted by atomic mass is 10.1. The molecular formula is C19H24N4O5S. The second kappa shape index (κ2) is 10.5. The van der Waals surface area contributed by atoms with E-state index in [0.717, 1.165) is 12.0 Å². The first-order chi connectivity index (χ1) is 13.8. The summed E-state index contributed by atoms with van der Waals surface area (Å²) in [5, 5.41) is 12.8. The van der Waals surface area contributed by atoms with Crippen molar-refractivity contribution in [3.05, 3.63) is 42.2 Å². The number of benzene rings is 1. The van der Waals surface area contributed by atoms with E-state index < -0.39 is 28.9 Å². The SMILES string of the molecule is CCC[S@](=O)c1cc(NC(Cc2ccc(OC(=O)N(C)C)cc2)C(=O)O)ncn1. The average Bonchev–Trinajstić information content (AvgIpc) is 2.69. The van der Waals surface area contributed by atoms with E-state index in [0.29, 0.717) is 22.3 Å². The van der Waals surface area contributed by atoms with Crippen LogP contribution in [-0.4, -0.2) is 62.1 Å². The Kier molecular flexibility index (Phi) is 8.08. The molecule has 2 atom stereocenters. The van der Waals surface area contributed by atoms with Gasteiger partial charge in [-0.05, 0) is 24.1 Å². The van der Waals surface area contributed by atoms with Crippen molar-refractivity contribution < 1.29 is 23.6 Å². The number of carboxylic acids is 1. The van der Waals surface area contributed by atoms with Crippen LogP contribution in [0.4, 0.5) is 10.6 Å². The molecule has 1 amide bonds. The molecule has 0 fully saturated rings. The fraction of sp³-hybridized carbons (Fsp3) is 0.368. The van der Waals surface area contributed by atoms with Crippen LogP contribution in [0.2, 0.25) is 0 Å². The summed E-state index contributed by atoms with van der Waals surface area (Å²) in [6.45, 7) is 1.92. The molecular weight excluding hydrogens is 396 g/mol. The van der Waals surface area contributed by atoms with E-state index in [1.54, 1.807) is 38.4 Å². The summed E-state index contributed by atoms with van der Waals surface area (Å²) in [7, 11) is 1.91. The lowest BCUT2D eigenvalue weighted by molar-refractivity contribution is -0.137. The fourth-order valence-electron chi connectivity index (χ4n) is 2.33. The predicted octanol–water partition coefficient (Wildman–Crippen LogP) is 2.16. The van der Waals surface area contributed by atoms with Gasteiger partial charge in [0.2, 0.25) is 0 Å². The minimum absolute atomic E-state index is 0.175. The number of hydrogen-bond acceptors (Lipinski definition) is 7. The van der Waals surface area contributed by atoms with Crippen LogP contribution >= 0.6 is 0 Å². The molecule has 1 aromatic heterocycles. The van der Waals surface area contributed by atoms with Crippen LogP contribution < -0.4 is 10.1 Å². The van der Waals surface area contributed by atoms with Crippen molar-refractivity contribution in [1.82, 2.24) is 14.9 Å². The third-order valence-electron chi connectivity index (χ3n) is 3.82. The highest BCUT2D eigenvalue weighted by Crippen LogP contribution is 2.16. The third-order valence-corrected chi connectivity index (χ3v) is 5.29. The Morgan fingerprint density at radius 3 is 2.52 bits per heavy atom. The summed E-state index contributed by atoms with van der Waals surface area (Å²) in [5.41, 5.74) is 0.735. The molecule has 10 heteroatoms. The molecule has 9 nitrogen and oxygen atoms in total. The first kappa shape index (κ1) is 22.3. The number of carboxylic acid groups (broad SMARTS) is 1. The van der Waals surface area contributed by atoms with Gasteiger partial charge in [0.15, 0.2) is 0 Å². The second-order valence-electron chi connectivity index (χ2n) is 6.44. The molecule has 1 aromatic carbocycles. The average molecular weight is 420 g/mol. The number of ether oxygens (including phenoxy) is 1. The van der Waals surface area contributed by atoms with Crippen LogP contribution in [0, 0.1) is 0 Å². The van der Waals surface area contributed by atoms with E-state index in [1.807, 2.05) is 6.92 Å². The number of aliphatic carboxylic acids is 1. The summed E-state index contributed by atoms with van der Waals surface area (Å²) in [6.07, 6.45) is 1.69. The van der Waals surface area contributed by atoms with Gasteiger partial charge in [0, 0.05) is 32.3 Å². The minimum Gasteiger partial charge on any atom is -0.480 e. The molecule has 1 heterocycles. The molecule has 2 aromatic rings. The number of nitrogens with one attached hydrogen (secondary N) is 1. The van der Waals surface area contributed by atoms with Crippen LogP contribution in [0.25, 0.3) is 0 Å². The van der Waals surface area contributed by atoms with E-state index in [-0.39, 0.29) is 6.42 Å². The number of carbonyl (C=O) groups is 2. The quantitative estimate of drug-likeness (QED) is 0.592. The van der Waals surface area contributed by atoms with Crippen molar-refractivity contribution in [1.29, 1.82) is 0 Å². The van der Waals surface area contributed by atoms with Gasteiger partial charge in [0.25, 0.3) is 0 Å². The zero-order valence-corrected chi connectivity index (χ0v) is 17.3. The van der Waals surface area contributed by atoms with Gasteiger partial charge in [-0.15, -0.1) is 0 Å². The topological polar surface area (TPSA) is 122 Å². The highest BCUT2D eigenvalue weighted by atomic mass is 32.2. The van der Waals surface area contributed by atoms with Crippen LogP contribution in [-0.2, 0) is 22.0 Å². The second-order valence-corrected chi connectivity index (χ2v) is 7.95. The Morgan fingerprint density at radius 1 is 1.24 bits per heavy atom. The zero-order valence-electron chi connectivity index (χ0n) is 16.5. The molecule has 156 valence electrons. The first-order valence-corrected chi connectivity index (χ1v) is 10.3. The van der Waals surface area contributed by atoms with E-state index in [1.165, 1.54) is 17.3 Å². The number of hydrogen-bond donors (Lipinski definition) is 2. The van der Waals surface area contributed by atoms with E-state index in [2.05, 4.69) is 15.3 Å². The van der Waals surface area contributed by atoms with Gasteiger partial charge in [-0.25, -0.2) is 19.6 Å². The lowest BCUT2D eigenvalue weighted by Gasteiger charge is -2.16. The summed E-state index contributed by atoms with van der Waals surface area (Å²) in [6, 6.07) is 7.15. The zero-order chi connectivity index (χ0) is 21.4. The molecule has 0 spiro atoms. The molecule has 1 unspecified atom stereocenters. The maximum atomic E-state index is 12.1. The van der Waals surface area contributed by atoms with E-state index in [9.17, 15) is 18.9 Å². The molecule has 0 aliphatic rings. The molecule has 0 radical (unpaired) electrons. The van der Waals surface area contributed by atoms with Crippen LogP contribution in [0.5, 0.6) is 5.75 Å². The van der Waals surface area contributed by atoms with E-state index in [4.69, 9.17) is 4.74 Å². The summed E-state index contributed by atoms with van der Waals surface area (Å²) in [5.74, 6) is 0.0845. The number of carbonyl (C=O) groups excluding carboxylic acids is 1. The van der Waals surface area contributed by atoms with Crippen molar-refractivity contribution in [2.45, 2.75) is 30.8 Å². The number of rotatable bonds is 9. The molecule has 0 aliphatic heterocycles. The molecule has 2 rings (SSSR count). The maximum Gasteiger partial charge on any atom is 0.414 e. The Labute approximate surface area is 171 Å². The largest absolute Gasteiger partial charge is 0.480 e. The Balaban J connectivity index is 2.07. The van der Waals surface area contributed by atoms with Crippen LogP contribution in [0.3, 0.4) is 0 Å². The van der Waals surface area contributed by atoms with Crippen molar-refractivity contribution in [3.8, 4) is 5.75 Å². The molecule has 2 N–H and O–H groups in total. The highest BCUT2D eigenvalue weighted by molar-refractivity contribution is 7.84. The first-order valence-electron chi connectivity index (χ1n) is 8.98. The monoisotopic (exact) mass is 420 g/mol. The highest BCUT2D eigenvalue weighted by Gasteiger charge is 2.19. The van der Waals surface area contributed by atoms with Crippen molar-refractivity contribution in [2.75, 3.05) is 25.2 Å². The maximum absolute atomic E-state index is 12.1. The number of aromatic nitrogens is 2. The smallest absolute Gasteiger partial charge is 0.414 e. The summed E-state index contributed by atoms with van der Waals surface area (Å²) >= 11 is 0. The minimum atomic E-state index is -1.25. The molecule has 0 aliphatic carbocycles. The van der Waals surface area contributed by atoms with Crippen LogP contribution in [0.15, 0.2) is 41.7 Å². The van der Waals surface area contributed by atoms with Gasteiger partial charge in [-0.1, -0.05) is 19.1 Å². The van der Waals surface area contributed by atoms with Gasteiger partial charge in [0.1, 0.15) is 29.0 Å². The van der Waals surface area contributed by atoms with Gasteiger partial charge >= 0.3 is 12.1 Å². The molecule has 0 bridgehead atoms. The van der Waals surface area contributed by atoms with Gasteiger partial charge < -0.3 is 20.1 Å². The normalized spacial score (nSPS) is 12.7. The van der Waals surface area contributed by atoms with Gasteiger partial charge in [0.05, 0.1) is 10.8 Å². The molecule has 29 heavy (non-hydrogen) atoms. The Bertz CT molecular complexity index is 873. The number of nitrogens with zero attached hydrogens (tertiary/aromatic N) is 3. The van der Waals surface area contributed by atoms with E-state index >= 15 is 0 Å². The standard InChI is InChI=1S/C19H24N4O5S/c1-4-9-29(27)17-11-16(20-12-21-17)22-15(18(24)25)10-13-5-7-14(8-6-13)28-19(26)23(2)3/h5-8,11-12,15H,4,9-10H2,1-3H3,(H,24,25)(H,20,21,22)/t15?,29-/m0/s1. The van der Waals surface area contributed by atoms with Crippen molar-refractivity contribution >= 4 is 28.7 Å². The number of amides is 1. The summed E-state index contributed by atoms with van der Waals surface area (Å²) in [4.78, 5) is 32.6. The lowest BCUT2D eigenvalue weighted by Crippen LogP contribution is -2.32. The third kappa shape index (κ3) is 6.83. The van der Waals surface area contributed by atoms with Crippen molar-refractivity contribution in [2.24, 2.45) is 0 Å². The molecule has 0 saturated carbocycles. The number of anilines is 1. The Hall–Kier alpha value is -3.01. The fourth-order valence-corrected chi connectivity index (χ4v) is 3.32. The van der Waals surface area contributed by atoms with Crippen molar-refractivity contribution in [3.63, 3.8) is 0 Å². The molecule has 0 saturated heterocycles. The van der Waals surface area contributed by atoms with Gasteiger partial charge in [-0.2, -0.15) is 0 Å².